The lowest BCUT2D eigenvalue weighted by molar-refractivity contribution is -0.146. The molecule has 0 fully saturated rings. The van der Waals surface area contributed by atoms with Crippen molar-refractivity contribution in [2.45, 2.75) is 12.8 Å². The number of hydrogen-bond acceptors (Lipinski definition) is 4. The number of amides is 1. The molecule has 0 radical (unpaired) electrons. The third-order valence-corrected chi connectivity index (χ3v) is 5.09. The summed E-state index contributed by atoms with van der Waals surface area (Å²) < 4.78 is 18.8. The number of nitrogens with one attached hydrogen (secondary N) is 1. The highest BCUT2D eigenvalue weighted by atomic mass is 35.5. The molecule has 2 aromatic rings. The summed E-state index contributed by atoms with van der Waals surface area (Å²) in [7, 11) is 0. The van der Waals surface area contributed by atoms with Crippen LogP contribution in [0, 0.1) is 11.2 Å². The van der Waals surface area contributed by atoms with Crippen molar-refractivity contribution >= 4 is 35.1 Å². The Bertz CT molecular complexity index is 1040. The van der Waals surface area contributed by atoms with E-state index in [1.807, 2.05) is 0 Å². The summed E-state index contributed by atoms with van der Waals surface area (Å²) in [6.07, 6.45) is 8.68. The molecule has 0 aliphatic heterocycles. The monoisotopic (exact) mass is 450 g/mol. The van der Waals surface area contributed by atoms with Crippen LogP contribution in [0.5, 0.6) is 11.6 Å². The van der Waals surface area contributed by atoms with E-state index in [2.05, 4.69) is 10.3 Å². The van der Waals surface area contributed by atoms with Crippen LogP contribution in [-0.4, -0.2) is 28.5 Å². The number of aliphatic carboxylic acids is 1. The highest BCUT2D eigenvalue weighted by Crippen LogP contribution is 2.33. The molecule has 156 valence electrons. The number of benzene rings is 1. The van der Waals surface area contributed by atoms with Crippen LogP contribution in [0.1, 0.15) is 23.2 Å². The van der Waals surface area contributed by atoms with Gasteiger partial charge in [0.25, 0.3) is 5.91 Å². The Morgan fingerprint density at radius 2 is 2.07 bits per heavy atom. The molecule has 1 unspecified atom stereocenters. The summed E-state index contributed by atoms with van der Waals surface area (Å²) >= 11 is 11.9. The van der Waals surface area contributed by atoms with E-state index in [0.29, 0.717) is 6.42 Å². The van der Waals surface area contributed by atoms with Crippen molar-refractivity contribution in [3.8, 4) is 11.6 Å². The normalized spacial score (nSPS) is 17.6. The van der Waals surface area contributed by atoms with Crippen molar-refractivity contribution in [1.82, 2.24) is 10.3 Å². The highest BCUT2D eigenvalue weighted by molar-refractivity contribution is 6.32. The third kappa shape index (κ3) is 4.98. The fourth-order valence-electron chi connectivity index (χ4n) is 2.94. The largest absolute Gasteiger partial charge is 0.481 e. The molecule has 1 aliphatic rings. The lowest BCUT2D eigenvalue weighted by atomic mass is 9.79. The zero-order valence-corrected chi connectivity index (χ0v) is 17.1. The first-order chi connectivity index (χ1) is 14.3. The number of carbonyl (C=O) groups excluding carboxylic acids is 1. The van der Waals surface area contributed by atoms with Crippen LogP contribution in [0.25, 0.3) is 0 Å². The lowest BCUT2D eigenvalue weighted by Gasteiger charge is -2.26. The molecule has 0 saturated heterocycles. The first-order valence-corrected chi connectivity index (χ1v) is 9.71. The molecule has 2 N–H and O–H groups in total. The minimum Gasteiger partial charge on any atom is -0.481 e. The van der Waals surface area contributed by atoms with Crippen molar-refractivity contribution in [1.29, 1.82) is 0 Å². The van der Waals surface area contributed by atoms with Crippen LogP contribution in [0.15, 0.2) is 54.8 Å². The number of halogens is 3. The fraction of sp³-hybridized carbons (Fsp3) is 0.190. The quantitative estimate of drug-likeness (QED) is 0.617. The molecule has 9 heteroatoms. The number of carboxylic acids is 1. The maximum Gasteiger partial charge on any atom is 0.313 e. The molecule has 1 aromatic heterocycles. The summed E-state index contributed by atoms with van der Waals surface area (Å²) in [6.45, 7) is 0.104. The standard InChI is InChI=1S/C21H17Cl2FN2O4/c22-13-10-15(19(26-12-13)30-17-5-4-14(24)11-16(17)23)18(27)25-9-8-21(20(28)29)6-2-1-3-7-21/h1-6,10-12H,7-9H2,(H,25,27)(H,28,29). The number of hydrogen-bond donors (Lipinski definition) is 2. The van der Waals surface area contributed by atoms with E-state index in [0.717, 1.165) is 12.1 Å². The number of nitrogens with zero attached hydrogens (tertiary/aromatic N) is 1. The molecular formula is C21H17Cl2FN2O4. The first-order valence-electron chi connectivity index (χ1n) is 8.95. The number of ether oxygens (including phenoxy) is 1. The summed E-state index contributed by atoms with van der Waals surface area (Å²) in [4.78, 5) is 28.4. The van der Waals surface area contributed by atoms with Gasteiger partial charge in [-0.05, 0) is 37.1 Å². The predicted molar refractivity (Wildman–Crippen MR) is 111 cm³/mol. The topological polar surface area (TPSA) is 88.5 Å². The fourth-order valence-corrected chi connectivity index (χ4v) is 3.31. The zero-order valence-electron chi connectivity index (χ0n) is 15.6. The Kier molecular flexibility index (Phi) is 6.74. The highest BCUT2D eigenvalue weighted by Gasteiger charge is 2.35. The molecule has 0 bridgehead atoms. The SMILES string of the molecule is O=C(NCCC1(C(=O)O)C=CC=CC1)c1cc(Cl)cnc1Oc1ccc(F)cc1Cl. The average molecular weight is 451 g/mol. The second kappa shape index (κ2) is 9.28. The number of allylic oxidation sites excluding steroid dienone is 3. The number of pyridine rings is 1. The smallest absolute Gasteiger partial charge is 0.313 e. The third-order valence-electron chi connectivity index (χ3n) is 4.59. The van der Waals surface area contributed by atoms with E-state index < -0.39 is 23.1 Å². The van der Waals surface area contributed by atoms with E-state index in [4.69, 9.17) is 27.9 Å². The van der Waals surface area contributed by atoms with Crippen molar-refractivity contribution in [3.05, 3.63) is 76.2 Å². The molecule has 0 spiro atoms. The minimum absolute atomic E-state index is 0.0126. The lowest BCUT2D eigenvalue weighted by Crippen LogP contribution is -2.35. The molecule has 30 heavy (non-hydrogen) atoms. The van der Waals surface area contributed by atoms with Crippen LogP contribution in [0.2, 0.25) is 10.0 Å². The van der Waals surface area contributed by atoms with Gasteiger partial charge in [0, 0.05) is 12.7 Å². The van der Waals surface area contributed by atoms with Gasteiger partial charge in [-0.3, -0.25) is 9.59 Å². The van der Waals surface area contributed by atoms with Gasteiger partial charge < -0.3 is 15.2 Å². The van der Waals surface area contributed by atoms with Gasteiger partial charge in [0.2, 0.25) is 5.88 Å². The maximum absolute atomic E-state index is 13.2. The second-order valence-electron chi connectivity index (χ2n) is 6.64. The van der Waals surface area contributed by atoms with E-state index in [1.54, 1.807) is 24.3 Å². The van der Waals surface area contributed by atoms with Gasteiger partial charge in [-0.1, -0.05) is 47.5 Å². The molecule has 1 aromatic carbocycles. The predicted octanol–water partition coefficient (Wildman–Crippen LogP) is 5.03. The van der Waals surface area contributed by atoms with Crippen LogP contribution < -0.4 is 10.1 Å². The van der Waals surface area contributed by atoms with Crippen LogP contribution in [0.4, 0.5) is 4.39 Å². The summed E-state index contributed by atoms with van der Waals surface area (Å²) in [5, 5.41) is 12.5. The summed E-state index contributed by atoms with van der Waals surface area (Å²) in [5.74, 6) is -2.00. The van der Waals surface area contributed by atoms with Crippen LogP contribution >= 0.6 is 23.2 Å². The number of aromatic nitrogens is 1. The molecule has 3 rings (SSSR count). The van der Waals surface area contributed by atoms with Crippen LogP contribution in [-0.2, 0) is 4.79 Å². The van der Waals surface area contributed by atoms with Gasteiger partial charge in [0.15, 0.2) is 0 Å². The van der Waals surface area contributed by atoms with Gasteiger partial charge in [-0.15, -0.1) is 0 Å². The Morgan fingerprint density at radius 1 is 1.27 bits per heavy atom. The number of carbonyl (C=O) groups is 2. The van der Waals surface area contributed by atoms with E-state index in [1.165, 1.54) is 18.3 Å². The molecule has 0 saturated carbocycles. The Labute approximate surface area is 182 Å². The molecule has 1 aliphatic carbocycles. The van der Waals surface area contributed by atoms with Crippen molar-refractivity contribution in [3.63, 3.8) is 0 Å². The van der Waals surface area contributed by atoms with Crippen molar-refractivity contribution in [2.24, 2.45) is 5.41 Å². The Balaban J connectivity index is 1.74. The van der Waals surface area contributed by atoms with Gasteiger partial charge in [0.1, 0.15) is 17.1 Å². The van der Waals surface area contributed by atoms with E-state index in [9.17, 15) is 19.1 Å². The minimum atomic E-state index is -1.07. The van der Waals surface area contributed by atoms with Gasteiger partial charge in [-0.25, -0.2) is 9.37 Å². The van der Waals surface area contributed by atoms with Gasteiger partial charge >= 0.3 is 5.97 Å². The molecule has 1 heterocycles. The number of rotatable bonds is 7. The molecule has 1 amide bonds. The number of carboxylic acid groups (broad SMARTS) is 1. The zero-order chi connectivity index (χ0) is 21.7. The second-order valence-corrected chi connectivity index (χ2v) is 7.49. The van der Waals surface area contributed by atoms with Crippen LogP contribution in [0.3, 0.4) is 0 Å². The van der Waals surface area contributed by atoms with Crippen molar-refractivity contribution in [2.75, 3.05) is 6.54 Å². The summed E-state index contributed by atoms with van der Waals surface area (Å²) in [5.41, 5.74) is -1.04. The van der Waals surface area contributed by atoms with Crippen molar-refractivity contribution < 1.29 is 23.8 Å². The molecule has 6 nitrogen and oxygen atoms in total. The van der Waals surface area contributed by atoms with E-state index in [-0.39, 0.29) is 40.2 Å². The Hall–Kier alpha value is -2.90. The maximum atomic E-state index is 13.2. The first kappa shape index (κ1) is 21.8. The molecular weight excluding hydrogens is 434 g/mol. The Morgan fingerprint density at radius 3 is 2.73 bits per heavy atom. The summed E-state index contributed by atoms with van der Waals surface area (Å²) in [6, 6.07) is 4.92. The van der Waals surface area contributed by atoms with Gasteiger partial charge in [0.05, 0.1) is 15.5 Å². The van der Waals surface area contributed by atoms with E-state index >= 15 is 0 Å². The average Bonchev–Trinajstić information content (AvgIpc) is 2.71. The molecule has 1 atom stereocenters. The van der Waals surface area contributed by atoms with Gasteiger partial charge in [-0.2, -0.15) is 0 Å².